The number of fused-ring (bicyclic) bond motifs is 1. The molecule has 3 amide bonds. The van der Waals surface area contributed by atoms with Crippen LogP contribution in [0.3, 0.4) is 0 Å². The molecule has 0 radical (unpaired) electrons. The largest absolute Gasteiger partial charge is 0.481 e. The number of aromatic nitrogens is 1. The fraction of sp³-hybridized carbons (Fsp3) is 0.391. The standard InChI is InChI=1S/C23H29N5O9S/c24-13(5-6-18(29)30)20(33)26-15(8-19(31)32)21(34)28-17(10-38)22(35)27-16(23(36)37)7-11-9-25-14-4-2-1-3-12(11)14/h1-4,9,13,15-17,25,38H,5-8,10,24H2,(H,26,33)(H,27,35)(H,28,34)(H,29,30)(H,31,32)(H,36,37). The monoisotopic (exact) mass is 551 g/mol. The summed E-state index contributed by atoms with van der Waals surface area (Å²) < 4.78 is 0. The van der Waals surface area contributed by atoms with Crippen molar-refractivity contribution >= 4 is 59.2 Å². The minimum Gasteiger partial charge on any atom is -0.481 e. The van der Waals surface area contributed by atoms with Crippen LogP contribution in [0.4, 0.5) is 0 Å². The maximum atomic E-state index is 12.8. The van der Waals surface area contributed by atoms with Crippen LogP contribution in [-0.4, -0.2) is 85.9 Å². The van der Waals surface area contributed by atoms with E-state index in [0.717, 1.165) is 10.9 Å². The zero-order chi connectivity index (χ0) is 28.4. The quantitative estimate of drug-likeness (QED) is 0.120. The van der Waals surface area contributed by atoms with Crippen LogP contribution in [0.15, 0.2) is 30.5 Å². The number of nitrogens with two attached hydrogens (primary N) is 1. The summed E-state index contributed by atoms with van der Waals surface area (Å²) in [7, 11) is 0. The molecule has 0 fully saturated rings. The Morgan fingerprint density at radius 2 is 1.47 bits per heavy atom. The summed E-state index contributed by atoms with van der Waals surface area (Å²) in [6, 6.07) is 1.50. The smallest absolute Gasteiger partial charge is 0.326 e. The van der Waals surface area contributed by atoms with Gasteiger partial charge in [-0.3, -0.25) is 24.0 Å². The van der Waals surface area contributed by atoms with Gasteiger partial charge in [0.1, 0.15) is 18.1 Å². The van der Waals surface area contributed by atoms with Crippen molar-refractivity contribution in [2.75, 3.05) is 5.75 Å². The van der Waals surface area contributed by atoms with Gasteiger partial charge in [0.15, 0.2) is 0 Å². The van der Waals surface area contributed by atoms with E-state index in [9.17, 15) is 33.9 Å². The maximum Gasteiger partial charge on any atom is 0.326 e. The topological polar surface area (TPSA) is 241 Å². The molecule has 2 aromatic rings. The van der Waals surface area contributed by atoms with Gasteiger partial charge in [0.25, 0.3) is 0 Å². The zero-order valence-electron chi connectivity index (χ0n) is 20.0. The lowest BCUT2D eigenvalue weighted by Crippen LogP contribution is -2.58. The first-order valence-corrected chi connectivity index (χ1v) is 12.0. The highest BCUT2D eigenvalue weighted by Gasteiger charge is 2.31. The van der Waals surface area contributed by atoms with Gasteiger partial charge < -0.3 is 42.0 Å². The fourth-order valence-electron chi connectivity index (χ4n) is 3.53. The minimum absolute atomic E-state index is 0.0652. The number of carboxylic acids is 3. The van der Waals surface area contributed by atoms with E-state index in [1.54, 1.807) is 18.3 Å². The molecule has 4 unspecified atom stereocenters. The van der Waals surface area contributed by atoms with Crippen LogP contribution in [0.1, 0.15) is 24.8 Å². The number of hydrogen-bond acceptors (Lipinski definition) is 8. The van der Waals surface area contributed by atoms with Crippen molar-refractivity contribution in [2.45, 2.75) is 49.9 Å². The molecule has 2 rings (SSSR count). The number of aromatic amines is 1. The number of nitrogens with one attached hydrogen (secondary N) is 4. The second-order valence-corrected chi connectivity index (χ2v) is 8.77. The van der Waals surface area contributed by atoms with Crippen LogP contribution >= 0.6 is 12.6 Å². The van der Waals surface area contributed by atoms with E-state index in [4.69, 9.17) is 15.9 Å². The molecular formula is C23H29N5O9S. The van der Waals surface area contributed by atoms with Crippen molar-refractivity contribution < 1.29 is 44.1 Å². The van der Waals surface area contributed by atoms with Crippen LogP contribution < -0.4 is 21.7 Å². The highest BCUT2D eigenvalue weighted by molar-refractivity contribution is 7.80. The number of carbonyl (C=O) groups is 6. The van der Waals surface area contributed by atoms with Gasteiger partial charge in [0, 0.05) is 35.7 Å². The highest BCUT2D eigenvalue weighted by atomic mass is 32.1. The molecule has 1 aromatic heterocycles. The van der Waals surface area contributed by atoms with Crippen molar-refractivity contribution in [3.63, 3.8) is 0 Å². The summed E-state index contributed by atoms with van der Waals surface area (Å²) in [5.41, 5.74) is 7.03. The van der Waals surface area contributed by atoms with Crippen LogP contribution in [0.2, 0.25) is 0 Å². The van der Waals surface area contributed by atoms with E-state index in [0.29, 0.717) is 5.56 Å². The summed E-state index contributed by atoms with van der Waals surface area (Å²) in [6.45, 7) is 0. The Hall–Kier alpha value is -4.11. The Bertz CT molecular complexity index is 1200. The van der Waals surface area contributed by atoms with Gasteiger partial charge in [-0.2, -0.15) is 12.6 Å². The average molecular weight is 552 g/mol. The van der Waals surface area contributed by atoms with Gasteiger partial charge in [-0.15, -0.1) is 0 Å². The lowest BCUT2D eigenvalue weighted by Gasteiger charge is -2.23. The van der Waals surface area contributed by atoms with E-state index in [1.165, 1.54) is 0 Å². The molecule has 0 saturated carbocycles. The number of aliphatic carboxylic acids is 3. The minimum atomic E-state index is -1.65. The summed E-state index contributed by atoms with van der Waals surface area (Å²) in [5, 5.41) is 35.0. The first-order chi connectivity index (χ1) is 17.9. The zero-order valence-corrected chi connectivity index (χ0v) is 20.9. The summed E-state index contributed by atoms with van der Waals surface area (Å²) in [4.78, 5) is 74.6. The van der Waals surface area contributed by atoms with Crippen LogP contribution in [0.25, 0.3) is 10.9 Å². The molecule has 1 heterocycles. The van der Waals surface area contributed by atoms with Gasteiger partial charge >= 0.3 is 17.9 Å². The molecule has 1 aromatic carbocycles. The lowest BCUT2D eigenvalue weighted by molar-refractivity contribution is -0.143. The van der Waals surface area contributed by atoms with E-state index in [2.05, 4.69) is 33.6 Å². The first-order valence-electron chi connectivity index (χ1n) is 11.4. The van der Waals surface area contributed by atoms with Gasteiger partial charge in [-0.05, 0) is 18.1 Å². The third-order valence-electron chi connectivity index (χ3n) is 5.55. The van der Waals surface area contributed by atoms with Crippen molar-refractivity contribution in [1.29, 1.82) is 0 Å². The molecule has 9 N–H and O–H groups in total. The second-order valence-electron chi connectivity index (χ2n) is 8.40. The lowest BCUT2D eigenvalue weighted by atomic mass is 10.0. The van der Waals surface area contributed by atoms with Gasteiger partial charge in [-0.25, -0.2) is 4.79 Å². The van der Waals surface area contributed by atoms with E-state index in [-0.39, 0.29) is 18.6 Å². The number of rotatable bonds is 15. The Balaban J connectivity index is 2.08. The van der Waals surface area contributed by atoms with E-state index >= 15 is 0 Å². The number of carbonyl (C=O) groups excluding carboxylic acids is 3. The number of thiol groups is 1. The second kappa shape index (κ2) is 14.0. The fourth-order valence-corrected chi connectivity index (χ4v) is 3.79. The molecular weight excluding hydrogens is 522 g/mol. The molecule has 0 spiro atoms. The Morgan fingerprint density at radius 3 is 2.08 bits per heavy atom. The van der Waals surface area contributed by atoms with Crippen molar-refractivity contribution in [1.82, 2.24) is 20.9 Å². The van der Waals surface area contributed by atoms with Crippen molar-refractivity contribution in [2.24, 2.45) is 5.73 Å². The number of H-pyrrole nitrogens is 1. The maximum absolute atomic E-state index is 12.8. The summed E-state index contributed by atoms with van der Waals surface area (Å²) in [5.74, 6) is -7.13. The summed E-state index contributed by atoms with van der Waals surface area (Å²) in [6.07, 6.45) is 0.0323. The molecule has 206 valence electrons. The third kappa shape index (κ3) is 8.77. The number of amides is 3. The van der Waals surface area contributed by atoms with Gasteiger partial charge in [0.05, 0.1) is 12.5 Å². The average Bonchev–Trinajstić information content (AvgIpc) is 3.27. The molecule has 4 atom stereocenters. The van der Waals surface area contributed by atoms with Crippen LogP contribution in [0, 0.1) is 0 Å². The molecule has 38 heavy (non-hydrogen) atoms. The Kier molecular flexibility index (Phi) is 11.1. The first kappa shape index (κ1) is 30.1. The van der Waals surface area contributed by atoms with Crippen molar-refractivity contribution in [3.8, 4) is 0 Å². The predicted molar refractivity (Wildman–Crippen MR) is 136 cm³/mol. The molecule has 0 aliphatic rings. The third-order valence-corrected chi connectivity index (χ3v) is 5.91. The number of para-hydroxylation sites is 1. The SMILES string of the molecule is NC(CCC(=O)O)C(=O)NC(CC(=O)O)C(=O)NC(CS)C(=O)NC(Cc1c[nH]c2ccccc12)C(=O)O. The predicted octanol–water partition coefficient (Wildman–Crippen LogP) is -1.15. The van der Waals surface area contributed by atoms with Crippen LogP contribution in [-0.2, 0) is 35.2 Å². The molecule has 0 saturated heterocycles. The highest BCUT2D eigenvalue weighted by Crippen LogP contribution is 2.19. The molecule has 15 heteroatoms. The summed E-state index contributed by atoms with van der Waals surface area (Å²) >= 11 is 4.02. The number of hydrogen-bond donors (Lipinski definition) is 9. The number of carboxylic acid groups (broad SMARTS) is 3. The van der Waals surface area contributed by atoms with Gasteiger partial charge in [-0.1, -0.05) is 18.2 Å². The molecule has 0 bridgehead atoms. The van der Waals surface area contributed by atoms with Crippen molar-refractivity contribution in [3.05, 3.63) is 36.0 Å². The van der Waals surface area contributed by atoms with Crippen LogP contribution in [0.5, 0.6) is 0 Å². The van der Waals surface area contributed by atoms with Gasteiger partial charge in [0.2, 0.25) is 17.7 Å². The molecule has 0 aliphatic carbocycles. The Labute approximate surface area is 221 Å². The molecule has 0 aliphatic heterocycles. The van der Waals surface area contributed by atoms with E-state index in [1.807, 2.05) is 12.1 Å². The molecule has 14 nitrogen and oxygen atoms in total. The number of benzene rings is 1. The van der Waals surface area contributed by atoms with E-state index < -0.39 is 72.6 Å². The normalized spacial score (nSPS) is 14.1. The Morgan fingerprint density at radius 1 is 0.868 bits per heavy atom.